The highest BCUT2D eigenvalue weighted by Gasteiger charge is 2.39. The molecular weight excluding hydrogens is 320 g/mol. The monoisotopic (exact) mass is 346 g/mol. The first-order chi connectivity index (χ1) is 11.8. The number of rotatable bonds is 8. The molecule has 6 nitrogen and oxygen atoms in total. The lowest BCUT2D eigenvalue weighted by Gasteiger charge is -2.26. The molecule has 136 valence electrons. The highest BCUT2D eigenvalue weighted by Crippen LogP contribution is 2.38. The molecule has 1 aromatic carbocycles. The van der Waals surface area contributed by atoms with Gasteiger partial charge in [-0.15, -0.1) is 0 Å². The van der Waals surface area contributed by atoms with Crippen molar-refractivity contribution in [3.8, 4) is 0 Å². The predicted octanol–water partition coefficient (Wildman–Crippen LogP) is 2.90. The number of benzene rings is 1. The van der Waals surface area contributed by atoms with E-state index in [0.717, 1.165) is 6.42 Å². The van der Waals surface area contributed by atoms with Crippen molar-refractivity contribution in [3.63, 3.8) is 0 Å². The van der Waals surface area contributed by atoms with Gasteiger partial charge in [0.15, 0.2) is 0 Å². The summed E-state index contributed by atoms with van der Waals surface area (Å²) in [7, 11) is 0. The number of carbonyl (C=O) groups excluding carboxylic acids is 2. The first-order valence-electron chi connectivity index (χ1n) is 8.75. The van der Waals surface area contributed by atoms with E-state index in [9.17, 15) is 19.5 Å². The van der Waals surface area contributed by atoms with Gasteiger partial charge in [-0.3, -0.25) is 14.4 Å². The van der Waals surface area contributed by atoms with Gasteiger partial charge in [0.25, 0.3) is 5.91 Å². The maximum Gasteiger partial charge on any atom is 0.311 e. The lowest BCUT2D eigenvalue weighted by Crippen LogP contribution is -2.42. The molecule has 0 aliphatic heterocycles. The van der Waals surface area contributed by atoms with Crippen LogP contribution in [0, 0.1) is 17.3 Å². The van der Waals surface area contributed by atoms with Crippen LogP contribution >= 0.6 is 0 Å². The van der Waals surface area contributed by atoms with Gasteiger partial charge in [0.2, 0.25) is 5.91 Å². The molecule has 3 N–H and O–H groups in total. The van der Waals surface area contributed by atoms with Gasteiger partial charge < -0.3 is 15.7 Å². The summed E-state index contributed by atoms with van der Waals surface area (Å²) in [6, 6.07) is 6.62. The summed E-state index contributed by atoms with van der Waals surface area (Å²) in [5, 5.41) is 15.0. The van der Waals surface area contributed by atoms with E-state index in [2.05, 4.69) is 10.6 Å². The second-order valence-electron chi connectivity index (χ2n) is 6.86. The molecule has 2 unspecified atom stereocenters. The lowest BCUT2D eigenvalue weighted by molar-refractivity contribution is -0.149. The van der Waals surface area contributed by atoms with E-state index < -0.39 is 11.4 Å². The van der Waals surface area contributed by atoms with Crippen molar-refractivity contribution in [3.05, 3.63) is 29.8 Å². The number of hydrogen-bond acceptors (Lipinski definition) is 3. The molecule has 2 rings (SSSR count). The second-order valence-corrected chi connectivity index (χ2v) is 6.86. The van der Waals surface area contributed by atoms with E-state index in [1.54, 1.807) is 24.3 Å². The minimum atomic E-state index is -0.940. The van der Waals surface area contributed by atoms with Crippen molar-refractivity contribution in [1.29, 1.82) is 0 Å². The smallest absolute Gasteiger partial charge is 0.311 e. The number of aliphatic carboxylic acids is 1. The van der Waals surface area contributed by atoms with Crippen LogP contribution in [-0.4, -0.2) is 29.4 Å². The lowest BCUT2D eigenvalue weighted by atomic mass is 9.82. The number of carboxylic acid groups (broad SMARTS) is 1. The summed E-state index contributed by atoms with van der Waals surface area (Å²) < 4.78 is 0. The standard InChI is InChI=1S/C19H26N2O4/c1-4-19(5-2,18(24)25)11-20-16(22)13-6-8-14(9-7-13)21-17(23)15-10-12(15)3/h6-9,12,15H,4-5,10-11H2,1-3H3,(H,20,22)(H,21,23)(H,24,25). The van der Waals surface area contributed by atoms with Crippen LogP contribution < -0.4 is 10.6 Å². The van der Waals surface area contributed by atoms with Gasteiger partial charge in [-0.2, -0.15) is 0 Å². The van der Waals surface area contributed by atoms with Crippen LogP contribution in [0.2, 0.25) is 0 Å². The zero-order chi connectivity index (χ0) is 18.6. The topological polar surface area (TPSA) is 95.5 Å². The van der Waals surface area contributed by atoms with E-state index in [4.69, 9.17) is 0 Å². The van der Waals surface area contributed by atoms with Crippen LogP contribution in [0.3, 0.4) is 0 Å². The average Bonchev–Trinajstić information content (AvgIpc) is 3.33. The summed E-state index contributed by atoms with van der Waals surface area (Å²) in [4.78, 5) is 35.6. The minimum absolute atomic E-state index is 0.0156. The molecule has 1 aromatic rings. The van der Waals surface area contributed by atoms with E-state index in [1.807, 2.05) is 20.8 Å². The summed E-state index contributed by atoms with van der Waals surface area (Å²) in [5.41, 5.74) is 0.150. The average molecular weight is 346 g/mol. The van der Waals surface area contributed by atoms with E-state index in [1.165, 1.54) is 0 Å². The molecule has 0 heterocycles. The van der Waals surface area contributed by atoms with E-state index in [0.29, 0.717) is 30.0 Å². The van der Waals surface area contributed by atoms with Gasteiger partial charge >= 0.3 is 5.97 Å². The van der Waals surface area contributed by atoms with Crippen LogP contribution in [0.4, 0.5) is 5.69 Å². The SMILES string of the molecule is CCC(CC)(CNC(=O)c1ccc(NC(=O)C2CC2C)cc1)C(=O)O. The number of carboxylic acids is 1. The van der Waals surface area contributed by atoms with Gasteiger partial charge in [-0.1, -0.05) is 20.8 Å². The van der Waals surface area contributed by atoms with Crippen LogP contribution in [-0.2, 0) is 9.59 Å². The molecule has 1 saturated carbocycles. The van der Waals surface area contributed by atoms with Crippen molar-refractivity contribution in [1.82, 2.24) is 5.32 Å². The third-order valence-corrected chi connectivity index (χ3v) is 5.26. The van der Waals surface area contributed by atoms with Crippen LogP contribution in [0.15, 0.2) is 24.3 Å². The van der Waals surface area contributed by atoms with E-state index in [-0.39, 0.29) is 24.3 Å². The first-order valence-corrected chi connectivity index (χ1v) is 8.75. The van der Waals surface area contributed by atoms with Crippen LogP contribution in [0.25, 0.3) is 0 Å². The molecule has 0 aromatic heterocycles. The van der Waals surface area contributed by atoms with Gasteiger partial charge in [-0.25, -0.2) is 0 Å². The Labute approximate surface area is 148 Å². The van der Waals surface area contributed by atoms with Crippen molar-refractivity contribution >= 4 is 23.5 Å². The maximum absolute atomic E-state index is 12.2. The summed E-state index contributed by atoms with van der Waals surface area (Å²) in [6.07, 6.45) is 1.82. The first kappa shape index (κ1) is 19.0. The molecule has 25 heavy (non-hydrogen) atoms. The number of nitrogens with one attached hydrogen (secondary N) is 2. The fraction of sp³-hybridized carbons (Fsp3) is 0.526. The van der Waals surface area contributed by atoms with Crippen LogP contribution in [0.5, 0.6) is 0 Å². The summed E-state index contributed by atoms with van der Waals surface area (Å²) in [6.45, 7) is 5.75. The second kappa shape index (κ2) is 7.68. The molecule has 0 radical (unpaired) electrons. The Morgan fingerprint density at radius 1 is 1.16 bits per heavy atom. The Bertz CT molecular complexity index is 650. The van der Waals surface area contributed by atoms with Crippen LogP contribution in [0.1, 0.15) is 50.4 Å². The number of anilines is 1. The number of hydrogen-bond donors (Lipinski definition) is 3. The fourth-order valence-corrected chi connectivity index (χ4v) is 2.86. The van der Waals surface area contributed by atoms with Crippen molar-refractivity contribution in [2.45, 2.75) is 40.0 Å². The Balaban J connectivity index is 1.93. The molecule has 2 atom stereocenters. The Morgan fingerprint density at radius 2 is 1.72 bits per heavy atom. The van der Waals surface area contributed by atoms with Gasteiger partial charge in [0.05, 0.1) is 5.41 Å². The molecular formula is C19H26N2O4. The fourth-order valence-electron chi connectivity index (χ4n) is 2.86. The predicted molar refractivity (Wildman–Crippen MR) is 95.3 cm³/mol. The molecule has 1 aliphatic carbocycles. The molecule has 1 aliphatic rings. The van der Waals surface area contributed by atoms with Gasteiger partial charge in [0.1, 0.15) is 0 Å². The quantitative estimate of drug-likeness (QED) is 0.674. The Morgan fingerprint density at radius 3 is 2.16 bits per heavy atom. The van der Waals surface area contributed by atoms with Crippen molar-refractivity contribution < 1.29 is 19.5 Å². The third kappa shape index (κ3) is 4.38. The van der Waals surface area contributed by atoms with E-state index >= 15 is 0 Å². The zero-order valence-electron chi connectivity index (χ0n) is 15.0. The Kier molecular flexibility index (Phi) is 5.82. The molecule has 2 amide bonds. The summed E-state index contributed by atoms with van der Waals surface area (Å²) >= 11 is 0. The summed E-state index contributed by atoms with van der Waals surface area (Å²) in [5.74, 6) is -0.667. The van der Waals surface area contributed by atoms with Crippen molar-refractivity contribution in [2.75, 3.05) is 11.9 Å². The molecule has 0 bridgehead atoms. The molecule has 1 fully saturated rings. The molecule has 0 spiro atoms. The maximum atomic E-state index is 12.2. The van der Waals surface area contributed by atoms with Gasteiger partial charge in [-0.05, 0) is 49.4 Å². The minimum Gasteiger partial charge on any atom is -0.481 e. The largest absolute Gasteiger partial charge is 0.481 e. The Hall–Kier alpha value is -2.37. The number of carbonyl (C=O) groups is 3. The van der Waals surface area contributed by atoms with Gasteiger partial charge in [0, 0.05) is 23.7 Å². The highest BCUT2D eigenvalue weighted by molar-refractivity contribution is 5.97. The normalized spacial score (nSPS) is 19.2. The molecule has 6 heteroatoms. The number of amides is 2. The highest BCUT2D eigenvalue weighted by atomic mass is 16.4. The third-order valence-electron chi connectivity index (χ3n) is 5.26. The zero-order valence-corrected chi connectivity index (χ0v) is 15.0. The molecule has 0 saturated heterocycles. The van der Waals surface area contributed by atoms with Crippen molar-refractivity contribution in [2.24, 2.45) is 17.3 Å².